The van der Waals surface area contributed by atoms with E-state index >= 15 is 0 Å². The number of amides is 3. The maximum absolute atomic E-state index is 14.5. The molecule has 51 heavy (non-hydrogen) atoms. The lowest BCUT2D eigenvalue weighted by atomic mass is 9.96. The van der Waals surface area contributed by atoms with Gasteiger partial charge in [0.15, 0.2) is 0 Å². The Kier molecular flexibility index (Phi) is 11.2. The van der Waals surface area contributed by atoms with Gasteiger partial charge in [0.25, 0.3) is 0 Å². The van der Waals surface area contributed by atoms with Gasteiger partial charge in [-0.25, -0.2) is 14.6 Å². The van der Waals surface area contributed by atoms with Gasteiger partial charge >= 0.3 is 12.1 Å². The molecule has 2 aliphatic carbocycles. The summed E-state index contributed by atoms with van der Waals surface area (Å²) in [5.41, 5.74) is -0.610. The fraction of sp³-hybridized carbons (Fsp3) is 0.605. The predicted octanol–water partition coefficient (Wildman–Crippen LogP) is 4.84. The molecule has 0 bridgehead atoms. The second-order valence-electron chi connectivity index (χ2n) is 14.2. The average molecular weight is 707 g/mol. The third-order valence-corrected chi connectivity index (χ3v) is 10.6. The summed E-state index contributed by atoms with van der Waals surface area (Å²) in [7, 11) is 2.88. The summed E-state index contributed by atoms with van der Waals surface area (Å²) in [5.74, 6) is 0.100. The first-order valence-electron chi connectivity index (χ1n) is 18.3. The van der Waals surface area contributed by atoms with Crippen LogP contribution >= 0.6 is 0 Å². The van der Waals surface area contributed by atoms with E-state index in [1.54, 1.807) is 19.2 Å². The number of benzene rings is 1. The molecule has 6 atom stereocenters. The molecule has 4 aliphatic rings. The van der Waals surface area contributed by atoms with Crippen LogP contribution in [0, 0.1) is 11.8 Å². The number of ether oxygens (including phenoxy) is 5. The van der Waals surface area contributed by atoms with E-state index in [4.69, 9.17) is 23.7 Å². The topological polar surface area (TPSA) is 155 Å². The van der Waals surface area contributed by atoms with Gasteiger partial charge in [0, 0.05) is 29.9 Å². The Balaban J connectivity index is 1.32. The van der Waals surface area contributed by atoms with Crippen molar-refractivity contribution in [2.75, 3.05) is 27.4 Å². The highest BCUT2D eigenvalue weighted by Gasteiger charge is 2.62. The summed E-state index contributed by atoms with van der Waals surface area (Å²) in [5, 5.41) is 6.54. The number of alkyl carbamates (subject to hydrolysis) is 1. The third kappa shape index (κ3) is 8.18. The minimum atomic E-state index is -1.21. The molecule has 3 fully saturated rings. The highest BCUT2D eigenvalue weighted by Crippen LogP contribution is 2.46. The van der Waals surface area contributed by atoms with Crippen molar-refractivity contribution in [2.45, 2.75) is 108 Å². The summed E-state index contributed by atoms with van der Waals surface area (Å²) in [6.45, 7) is 4.45. The van der Waals surface area contributed by atoms with Gasteiger partial charge in [-0.1, -0.05) is 19.1 Å². The number of nitrogens with zero attached hydrogens (tertiary/aromatic N) is 2. The van der Waals surface area contributed by atoms with Crippen LogP contribution in [-0.4, -0.2) is 91.0 Å². The zero-order valence-corrected chi connectivity index (χ0v) is 30.0. The number of aromatic nitrogens is 1. The number of fused-ring (bicyclic) bond motifs is 3. The Hall–Kier alpha value is -4.55. The molecule has 3 heterocycles. The standard InChI is InChI=1S/C38H50N4O9/c1-5-49-33-20-32(28-16-15-26(47-3)18-30(28)39-33)50-27-19-31-34(43)41-38(36(45)48-4)21-24(38)11-7-6-10-23(2)14-17-29(35(44)42(31)22-27)40-37(46)51-25-12-8-9-13-25/h7,11,15-16,18,20,23-25,27,29,31H,5-6,8-10,12-14,17,19,21-22H2,1-4H3,(H,40,46)(H,41,43)/t23-,24?,27+,29-,31-,38+/m0/s1. The van der Waals surface area contributed by atoms with Crippen LogP contribution in [0.1, 0.15) is 78.1 Å². The Morgan fingerprint density at radius 1 is 1.06 bits per heavy atom. The Morgan fingerprint density at radius 3 is 2.61 bits per heavy atom. The summed E-state index contributed by atoms with van der Waals surface area (Å²) in [4.78, 5) is 61.1. The largest absolute Gasteiger partial charge is 0.497 e. The van der Waals surface area contributed by atoms with Crippen LogP contribution in [0.25, 0.3) is 10.9 Å². The number of carbonyl (C=O) groups is 4. The van der Waals surface area contributed by atoms with Gasteiger partial charge < -0.3 is 39.2 Å². The fourth-order valence-electron chi connectivity index (χ4n) is 7.62. The number of nitrogens with one attached hydrogen (secondary N) is 2. The number of allylic oxidation sites excluding steroid dienone is 1. The number of pyridine rings is 1. The number of hydrogen-bond acceptors (Lipinski definition) is 10. The smallest absolute Gasteiger partial charge is 0.408 e. The third-order valence-electron chi connectivity index (χ3n) is 10.6. The molecule has 13 heteroatoms. The molecule has 276 valence electrons. The zero-order valence-electron chi connectivity index (χ0n) is 30.0. The van der Waals surface area contributed by atoms with Crippen molar-refractivity contribution < 1.29 is 42.9 Å². The van der Waals surface area contributed by atoms with E-state index in [1.165, 1.54) is 12.0 Å². The van der Waals surface area contributed by atoms with Crippen molar-refractivity contribution in [1.82, 2.24) is 20.5 Å². The fourth-order valence-corrected chi connectivity index (χ4v) is 7.62. The molecular formula is C38H50N4O9. The van der Waals surface area contributed by atoms with E-state index in [0.29, 0.717) is 54.2 Å². The van der Waals surface area contributed by atoms with E-state index in [0.717, 1.165) is 38.5 Å². The van der Waals surface area contributed by atoms with Crippen molar-refractivity contribution >= 4 is 34.8 Å². The molecule has 0 spiro atoms. The molecule has 2 N–H and O–H groups in total. The molecule has 2 aliphatic heterocycles. The minimum Gasteiger partial charge on any atom is -0.497 e. The van der Waals surface area contributed by atoms with Crippen LogP contribution in [-0.2, 0) is 23.9 Å². The summed E-state index contributed by atoms with van der Waals surface area (Å²) in [6.07, 6.45) is 9.48. The van der Waals surface area contributed by atoms with Gasteiger partial charge in [-0.05, 0) is 82.8 Å². The van der Waals surface area contributed by atoms with E-state index in [-0.39, 0.29) is 30.9 Å². The molecule has 2 saturated carbocycles. The average Bonchev–Trinajstić information content (AvgIpc) is 3.39. The minimum absolute atomic E-state index is 0.0703. The van der Waals surface area contributed by atoms with Crippen LogP contribution < -0.4 is 24.8 Å². The van der Waals surface area contributed by atoms with Crippen LogP contribution in [0.15, 0.2) is 36.4 Å². The van der Waals surface area contributed by atoms with Gasteiger partial charge in [0.05, 0.1) is 32.9 Å². The molecule has 2 aromatic rings. The molecule has 13 nitrogen and oxygen atoms in total. The predicted molar refractivity (Wildman–Crippen MR) is 187 cm³/mol. The Bertz CT molecular complexity index is 1640. The second-order valence-corrected chi connectivity index (χ2v) is 14.2. The maximum atomic E-state index is 14.5. The van der Waals surface area contributed by atoms with Crippen LogP contribution in [0.4, 0.5) is 4.79 Å². The van der Waals surface area contributed by atoms with Gasteiger partial charge in [-0.2, -0.15) is 0 Å². The summed E-state index contributed by atoms with van der Waals surface area (Å²) < 4.78 is 28.6. The number of carbonyl (C=O) groups excluding carboxylic acids is 4. The second kappa shape index (κ2) is 15.8. The molecule has 3 amide bonds. The van der Waals surface area contributed by atoms with Crippen LogP contribution in [0.2, 0.25) is 0 Å². The van der Waals surface area contributed by atoms with Crippen molar-refractivity contribution in [3.63, 3.8) is 0 Å². The summed E-state index contributed by atoms with van der Waals surface area (Å²) >= 11 is 0. The number of hydrogen-bond donors (Lipinski definition) is 2. The Labute approximate surface area is 298 Å². The monoisotopic (exact) mass is 706 g/mol. The molecule has 0 radical (unpaired) electrons. The van der Waals surface area contributed by atoms with E-state index in [1.807, 2.05) is 31.2 Å². The van der Waals surface area contributed by atoms with Crippen LogP contribution in [0.5, 0.6) is 17.4 Å². The number of methoxy groups -OCH3 is 2. The van der Waals surface area contributed by atoms with E-state index in [9.17, 15) is 19.2 Å². The number of rotatable bonds is 8. The quantitative estimate of drug-likeness (QED) is 0.288. The van der Waals surface area contributed by atoms with Gasteiger partial charge in [0.2, 0.25) is 17.7 Å². The molecule has 1 unspecified atom stereocenters. The zero-order chi connectivity index (χ0) is 36.1. The highest BCUT2D eigenvalue weighted by atomic mass is 16.6. The number of esters is 1. The maximum Gasteiger partial charge on any atom is 0.408 e. The van der Waals surface area contributed by atoms with Crippen molar-refractivity contribution in [3.05, 3.63) is 36.4 Å². The van der Waals surface area contributed by atoms with Gasteiger partial charge in [-0.3, -0.25) is 9.59 Å². The summed E-state index contributed by atoms with van der Waals surface area (Å²) in [6, 6.07) is 5.24. The van der Waals surface area contributed by atoms with E-state index in [2.05, 4.69) is 22.5 Å². The van der Waals surface area contributed by atoms with Crippen molar-refractivity contribution in [2.24, 2.45) is 11.8 Å². The first-order chi connectivity index (χ1) is 24.6. The lowest BCUT2D eigenvalue weighted by Gasteiger charge is -2.30. The molecular weight excluding hydrogens is 656 g/mol. The molecule has 1 aromatic heterocycles. The SMILES string of the molecule is CCOc1cc(O[C@@H]2C[C@H]3C(=O)N[C@]4(C(=O)OC)CC4C=CCC[C@H](C)CC[C@H](NC(=O)OC4CCCC4)C(=O)N3C2)c2ccc(OC)cc2n1. The first-order valence-corrected chi connectivity index (χ1v) is 18.3. The lowest BCUT2D eigenvalue weighted by Crippen LogP contribution is -2.56. The Morgan fingerprint density at radius 2 is 1.86 bits per heavy atom. The normalized spacial score (nSPS) is 28.5. The highest BCUT2D eigenvalue weighted by molar-refractivity contribution is 5.96. The molecule has 6 rings (SSSR count). The van der Waals surface area contributed by atoms with Gasteiger partial charge in [-0.15, -0.1) is 0 Å². The van der Waals surface area contributed by atoms with Crippen molar-refractivity contribution in [3.8, 4) is 17.4 Å². The first kappa shape index (κ1) is 36.2. The van der Waals surface area contributed by atoms with E-state index < -0.39 is 47.6 Å². The van der Waals surface area contributed by atoms with Crippen molar-refractivity contribution in [1.29, 1.82) is 0 Å². The van der Waals surface area contributed by atoms with Gasteiger partial charge in [0.1, 0.15) is 41.3 Å². The molecule has 1 saturated heterocycles. The lowest BCUT2D eigenvalue weighted by molar-refractivity contribution is -0.148. The molecule has 1 aromatic carbocycles. The van der Waals surface area contributed by atoms with Crippen LogP contribution in [0.3, 0.4) is 0 Å².